The maximum atomic E-state index is 11.9. The molecule has 0 aromatic heterocycles. The lowest BCUT2D eigenvalue weighted by atomic mass is 9.72. The molecule has 3 atom stereocenters. The van der Waals surface area contributed by atoms with E-state index in [-0.39, 0.29) is 27.7 Å². The van der Waals surface area contributed by atoms with Crippen molar-refractivity contribution < 1.29 is 13.6 Å². The number of Topliss-reactive ketones (excluding diaryl/α,β-unsaturated/α-hetero) is 1. The summed E-state index contributed by atoms with van der Waals surface area (Å²) in [6, 6.07) is 16.1. The number of rotatable bonds is 12. The van der Waals surface area contributed by atoms with E-state index in [9.17, 15) is 4.79 Å². The zero-order valence-electron chi connectivity index (χ0n) is 30.7. The number of benzene rings is 2. The second kappa shape index (κ2) is 16.9. The molecule has 0 N–H and O–H groups in total. The molecule has 0 spiro atoms. The van der Waals surface area contributed by atoms with Crippen molar-refractivity contribution in [3.05, 3.63) is 82.4 Å². The van der Waals surface area contributed by atoms with Crippen LogP contribution in [0.2, 0.25) is 46.3 Å². The van der Waals surface area contributed by atoms with Crippen LogP contribution in [-0.2, 0) is 13.6 Å². The monoisotopic (exact) mass is 704 g/mol. The molecule has 2 aromatic rings. The van der Waals surface area contributed by atoms with Gasteiger partial charge in [-0.05, 0) is 109 Å². The Morgan fingerprint density at radius 3 is 1.67 bits per heavy atom. The first-order valence-corrected chi connectivity index (χ1v) is 23.7. The van der Waals surface area contributed by atoms with Gasteiger partial charge in [-0.2, -0.15) is 0 Å². The molecule has 3 rings (SSSR count). The highest BCUT2D eigenvalue weighted by Crippen LogP contribution is 2.44. The molecule has 0 amide bonds. The smallest absolute Gasteiger partial charge is 0.192 e. The van der Waals surface area contributed by atoms with Gasteiger partial charge in [-0.15, -0.1) is 6.58 Å². The first kappa shape index (κ1) is 41.0. The van der Waals surface area contributed by atoms with Gasteiger partial charge in [0, 0.05) is 22.9 Å². The Bertz CT molecular complexity index is 1240. The number of hydrogen-bond donors (Lipinski definition) is 0. The molecule has 258 valence electrons. The van der Waals surface area contributed by atoms with Crippen molar-refractivity contribution in [3.8, 4) is 0 Å². The number of halogens is 2. The predicted molar refractivity (Wildman–Crippen MR) is 205 cm³/mol. The summed E-state index contributed by atoms with van der Waals surface area (Å²) in [7, 11) is -3.65. The van der Waals surface area contributed by atoms with Gasteiger partial charge in [0.25, 0.3) is 0 Å². The van der Waals surface area contributed by atoms with Gasteiger partial charge < -0.3 is 8.85 Å². The SMILES string of the molecule is C=CCC(O[Si](C)(C)C(C)(C)C)c1ccc(Cl)cc1.CC(C)(C)[Si](C)(C)OC(CCC[C@]1(C)CCCC(=O)C1)c1ccc(Cl)cc1. The first-order chi connectivity index (χ1) is 21.1. The van der Waals surface area contributed by atoms with Gasteiger partial charge in [0.2, 0.25) is 0 Å². The largest absolute Gasteiger partial charge is 0.410 e. The van der Waals surface area contributed by atoms with Crippen molar-refractivity contribution in [1.29, 1.82) is 0 Å². The van der Waals surface area contributed by atoms with E-state index in [0.717, 1.165) is 55.0 Å². The molecule has 0 bridgehead atoms. The van der Waals surface area contributed by atoms with Crippen LogP contribution in [0.4, 0.5) is 0 Å². The highest BCUT2D eigenvalue weighted by Gasteiger charge is 2.40. The highest BCUT2D eigenvalue weighted by atomic mass is 35.5. The molecular weight excluding hydrogens is 644 g/mol. The van der Waals surface area contributed by atoms with Crippen LogP contribution in [0.3, 0.4) is 0 Å². The van der Waals surface area contributed by atoms with Crippen LogP contribution < -0.4 is 0 Å². The molecule has 7 heteroatoms. The van der Waals surface area contributed by atoms with Gasteiger partial charge in [-0.3, -0.25) is 4.79 Å². The van der Waals surface area contributed by atoms with Crippen molar-refractivity contribution in [2.45, 2.75) is 148 Å². The van der Waals surface area contributed by atoms with E-state index in [1.807, 2.05) is 42.5 Å². The van der Waals surface area contributed by atoms with E-state index in [0.29, 0.717) is 5.78 Å². The fraction of sp³-hybridized carbons (Fsp3) is 0.615. The van der Waals surface area contributed by atoms with Gasteiger partial charge in [0.05, 0.1) is 12.2 Å². The fourth-order valence-electron chi connectivity index (χ4n) is 5.41. The summed E-state index contributed by atoms with van der Waals surface area (Å²) in [5.74, 6) is 0.440. The van der Waals surface area contributed by atoms with E-state index >= 15 is 0 Å². The molecule has 1 aliphatic carbocycles. The molecule has 0 aliphatic heterocycles. The van der Waals surface area contributed by atoms with Gasteiger partial charge in [0.1, 0.15) is 5.78 Å². The van der Waals surface area contributed by atoms with E-state index < -0.39 is 16.6 Å². The maximum absolute atomic E-state index is 11.9. The molecule has 1 aliphatic rings. The molecular formula is C39H62Cl2O3Si2. The molecule has 46 heavy (non-hydrogen) atoms. The fourth-order valence-corrected chi connectivity index (χ4v) is 8.28. The van der Waals surface area contributed by atoms with E-state index in [1.165, 1.54) is 17.5 Å². The summed E-state index contributed by atoms with van der Waals surface area (Å²) in [5, 5.41) is 1.91. The molecule has 2 unspecified atom stereocenters. The average Bonchev–Trinajstić information content (AvgIpc) is 2.92. The summed E-state index contributed by atoms with van der Waals surface area (Å²) in [6.45, 7) is 28.9. The van der Waals surface area contributed by atoms with Crippen molar-refractivity contribution in [3.63, 3.8) is 0 Å². The standard InChI is InChI=1S/C23H37ClO2Si.C16H25ClOSi/c1-22(2,3)27(5,6)26-21(18-11-13-19(24)14-12-18)10-8-16-23(4)15-7-9-20(25)17-23;1-7-8-15(13-9-11-14(17)12-10-13)18-19(5,6)16(2,3)4/h11-14,21H,7-10,15-17H2,1-6H3;7,9-12,15H,1,8H2,2-6H3/t21?,23-;/m0./s1. The summed E-state index contributed by atoms with van der Waals surface area (Å²) < 4.78 is 13.3. The number of carbonyl (C=O) groups excluding carboxylic acids is 1. The van der Waals surface area contributed by atoms with Crippen molar-refractivity contribution >= 4 is 45.6 Å². The Morgan fingerprint density at radius 1 is 0.826 bits per heavy atom. The second-order valence-electron chi connectivity index (χ2n) is 16.6. The minimum Gasteiger partial charge on any atom is -0.410 e. The number of hydrogen-bond acceptors (Lipinski definition) is 3. The van der Waals surface area contributed by atoms with E-state index in [4.69, 9.17) is 32.1 Å². The third-order valence-electron chi connectivity index (χ3n) is 10.5. The van der Waals surface area contributed by atoms with Crippen molar-refractivity contribution in [2.24, 2.45) is 5.41 Å². The highest BCUT2D eigenvalue weighted by molar-refractivity contribution is 6.74. The van der Waals surface area contributed by atoms with Crippen LogP contribution in [0, 0.1) is 5.41 Å². The van der Waals surface area contributed by atoms with E-state index in [1.54, 1.807) is 0 Å². The maximum Gasteiger partial charge on any atom is 0.192 e. The normalized spacial score (nSPS) is 19.2. The van der Waals surface area contributed by atoms with Gasteiger partial charge in [-0.25, -0.2) is 0 Å². The molecule has 0 heterocycles. The molecule has 2 aromatic carbocycles. The Kier molecular flexibility index (Phi) is 15.1. The molecule has 0 radical (unpaired) electrons. The van der Waals surface area contributed by atoms with Gasteiger partial charge >= 0.3 is 0 Å². The van der Waals surface area contributed by atoms with E-state index in [2.05, 4.69) is 93.4 Å². The van der Waals surface area contributed by atoms with Crippen LogP contribution in [0.25, 0.3) is 0 Å². The van der Waals surface area contributed by atoms with Crippen LogP contribution in [0.15, 0.2) is 61.2 Å². The second-order valence-corrected chi connectivity index (χ2v) is 27.0. The molecule has 1 fully saturated rings. The Morgan fingerprint density at radius 2 is 1.26 bits per heavy atom. The quantitative estimate of drug-likeness (QED) is 0.163. The van der Waals surface area contributed by atoms with Crippen molar-refractivity contribution in [2.75, 3.05) is 0 Å². The lowest BCUT2D eigenvalue weighted by Crippen LogP contribution is -2.41. The van der Waals surface area contributed by atoms with Gasteiger partial charge in [-0.1, -0.05) is 108 Å². The average molecular weight is 706 g/mol. The molecule has 3 nitrogen and oxygen atoms in total. The van der Waals surface area contributed by atoms with Crippen molar-refractivity contribution in [1.82, 2.24) is 0 Å². The topological polar surface area (TPSA) is 35.5 Å². The number of ketones is 1. The molecule has 1 saturated carbocycles. The number of carbonyl (C=O) groups is 1. The predicted octanol–water partition coefficient (Wildman–Crippen LogP) is 13.7. The minimum absolute atomic E-state index is 0.0793. The molecule has 0 saturated heterocycles. The van der Waals surface area contributed by atoms with Crippen LogP contribution in [0.1, 0.15) is 123 Å². The summed E-state index contributed by atoms with van der Waals surface area (Å²) in [4.78, 5) is 11.9. The Labute approximate surface area is 294 Å². The first-order valence-electron chi connectivity index (χ1n) is 17.1. The lowest BCUT2D eigenvalue weighted by Gasteiger charge is -2.40. The Hall–Kier alpha value is -1.22. The summed E-state index contributed by atoms with van der Waals surface area (Å²) in [5.41, 5.74) is 2.57. The zero-order chi connectivity index (χ0) is 35.0. The zero-order valence-corrected chi connectivity index (χ0v) is 34.2. The summed E-state index contributed by atoms with van der Waals surface area (Å²) >= 11 is 12.0. The third kappa shape index (κ3) is 12.7. The minimum atomic E-state index is -1.87. The van der Waals surface area contributed by atoms with Crippen LogP contribution in [0.5, 0.6) is 0 Å². The summed E-state index contributed by atoms with van der Waals surface area (Å²) in [6.07, 6.45) is 9.87. The Balaban J connectivity index is 0.000000341. The van der Waals surface area contributed by atoms with Crippen LogP contribution >= 0.6 is 23.2 Å². The van der Waals surface area contributed by atoms with Crippen LogP contribution in [-0.4, -0.2) is 22.4 Å². The third-order valence-corrected chi connectivity index (χ3v) is 19.9. The van der Waals surface area contributed by atoms with Gasteiger partial charge in [0.15, 0.2) is 16.6 Å². The lowest BCUT2D eigenvalue weighted by molar-refractivity contribution is -0.123.